The molecule has 0 aliphatic carbocycles. The maximum absolute atomic E-state index is 13.2. The minimum atomic E-state index is -0.644. The number of rotatable bonds is 4. The molecule has 0 aliphatic rings. The van der Waals surface area contributed by atoms with Crippen LogP contribution in [0.1, 0.15) is 31.1 Å². The maximum Gasteiger partial charge on any atom is 0.407 e. The van der Waals surface area contributed by atoms with Crippen molar-refractivity contribution >= 4 is 17.7 Å². The predicted molar refractivity (Wildman–Crippen MR) is 77.4 cm³/mol. The Labute approximate surface area is 122 Å². The van der Waals surface area contributed by atoms with E-state index in [1.807, 2.05) is 0 Å². The summed E-state index contributed by atoms with van der Waals surface area (Å²) in [6, 6.07) is 3.81. The van der Waals surface area contributed by atoms with Gasteiger partial charge >= 0.3 is 6.09 Å². The van der Waals surface area contributed by atoms with E-state index in [0.717, 1.165) is 6.07 Å². The lowest BCUT2D eigenvalue weighted by molar-refractivity contribution is 0.0526. The van der Waals surface area contributed by atoms with Gasteiger partial charge in [0.2, 0.25) is 0 Å². The molecule has 1 aromatic carbocycles. The number of nitrogen functional groups attached to an aromatic ring is 1. The van der Waals surface area contributed by atoms with Gasteiger partial charge in [-0.05, 0) is 39.0 Å². The van der Waals surface area contributed by atoms with Gasteiger partial charge in [0.1, 0.15) is 11.4 Å². The summed E-state index contributed by atoms with van der Waals surface area (Å²) in [4.78, 5) is 23.1. The van der Waals surface area contributed by atoms with Crippen molar-refractivity contribution in [1.82, 2.24) is 10.6 Å². The van der Waals surface area contributed by atoms with Crippen molar-refractivity contribution in [1.29, 1.82) is 0 Å². The number of carbonyl (C=O) groups is 2. The zero-order valence-corrected chi connectivity index (χ0v) is 12.3. The molecule has 0 atom stereocenters. The van der Waals surface area contributed by atoms with Crippen molar-refractivity contribution in [3.63, 3.8) is 0 Å². The third-order valence-corrected chi connectivity index (χ3v) is 2.34. The molecule has 6 nitrogen and oxygen atoms in total. The van der Waals surface area contributed by atoms with E-state index in [4.69, 9.17) is 10.5 Å². The van der Waals surface area contributed by atoms with Gasteiger partial charge in [-0.2, -0.15) is 0 Å². The first-order valence-corrected chi connectivity index (χ1v) is 6.49. The zero-order valence-electron chi connectivity index (χ0n) is 12.3. The lowest BCUT2D eigenvalue weighted by atomic mass is 10.2. The van der Waals surface area contributed by atoms with E-state index in [1.54, 1.807) is 20.8 Å². The first-order chi connectivity index (χ1) is 9.69. The standard InChI is InChI=1S/C14H20FN3O3/c1-14(2,3)21-13(20)18-7-6-17-12(19)9-4-5-11(16)10(15)8-9/h4-5,8H,6-7,16H2,1-3H3,(H,17,19)(H,18,20). The third-order valence-electron chi connectivity index (χ3n) is 2.34. The molecule has 7 heteroatoms. The number of benzene rings is 1. The number of hydrogen-bond donors (Lipinski definition) is 3. The van der Waals surface area contributed by atoms with Gasteiger partial charge in [0.25, 0.3) is 5.91 Å². The number of amides is 2. The van der Waals surface area contributed by atoms with Crippen LogP contribution in [-0.2, 0) is 4.74 Å². The van der Waals surface area contributed by atoms with E-state index in [1.165, 1.54) is 12.1 Å². The first-order valence-electron chi connectivity index (χ1n) is 6.49. The van der Waals surface area contributed by atoms with Crippen molar-refractivity contribution in [2.75, 3.05) is 18.8 Å². The second kappa shape index (κ2) is 6.92. The molecule has 0 fully saturated rings. The fraction of sp³-hybridized carbons (Fsp3) is 0.429. The van der Waals surface area contributed by atoms with Crippen LogP contribution in [0.2, 0.25) is 0 Å². The van der Waals surface area contributed by atoms with Crippen molar-refractivity contribution in [3.8, 4) is 0 Å². The predicted octanol–water partition coefficient (Wildman–Crippen LogP) is 1.66. The molecule has 0 aromatic heterocycles. The van der Waals surface area contributed by atoms with Gasteiger partial charge in [0.15, 0.2) is 0 Å². The Morgan fingerprint density at radius 1 is 1.24 bits per heavy atom. The lowest BCUT2D eigenvalue weighted by Crippen LogP contribution is -2.37. The summed E-state index contributed by atoms with van der Waals surface area (Å²) >= 11 is 0. The number of alkyl carbamates (subject to hydrolysis) is 1. The minimum absolute atomic E-state index is 0.0156. The average Bonchev–Trinajstić information content (AvgIpc) is 2.35. The van der Waals surface area contributed by atoms with E-state index >= 15 is 0 Å². The number of ether oxygens (including phenoxy) is 1. The summed E-state index contributed by atoms with van der Waals surface area (Å²) in [6.45, 7) is 5.67. The van der Waals surface area contributed by atoms with E-state index in [2.05, 4.69) is 10.6 Å². The van der Waals surface area contributed by atoms with Gasteiger partial charge in [-0.1, -0.05) is 0 Å². The molecular weight excluding hydrogens is 277 g/mol. The summed E-state index contributed by atoms with van der Waals surface area (Å²) in [5.74, 6) is -1.09. The average molecular weight is 297 g/mol. The lowest BCUT2D eigenvalue weighted by Gasteiger charge is -2.19. The van der Waals surface area contributed by atoms with Gasteiger partial charge in [-0.25, -0.2) is 9.18 Å². The Morgan fingerprint density at radius 3 is 2.43 bits per heavy atom. The molecule has 2 amide bonds. The molecule has 116 valence electrons. The monoisotopic (exact) mass is 297 g/mol. The summed E-state index contributed by atoms with van der Waals surface area (Å²) in [5, 5.41) is 5.04. The molecule has 1 aromatic rings. The molecule has 0 saturated heterocycles. The van der Waals surface area contributed by atoms with Crippen LogP contribution in [0.3, 0.4) is 0 Å². The summed E-state index contributed by atoms with van der Waals surface area (Å²) in [6.07, 6.45) is -0.560. The zero-order chi connectivity index (χ0) is 16.0. The fourth-order valence-corrected chi connectivity index (χ4v) is 1.43. The molecule has 21 heavy (non-hydrogen) atoms. The highest BCUT2D eigenvalue weighted by Gasteiger charge is 2.15. The third kappa shape index (κ3) is 6.11. The van der Waals surface area contributed by atoms with Crippen LogP contribution in [0.15, 0.2) is 18.2 Å². The van der Waals surface area contributed by atoms with Crippen LogP contribution >= 0.6 is 0 Å². The van der Waals surface area contributed by atoms with Gasteiger partial charge in [0.05, 0.1) is 5.69 Å². The molecule has 4 N–H and O–H groups in total. The van der Waals surface area contributed by atoms with E-state index in [9.17, 15) is 14.0 Å². The minimum Gasteiger partial charge on any atom is -0.444 e. The van der Waals surface area contributed by atoms with Crippen molar-refractivity contribution in [2.24, 2.45) is 0 Å². The molecule has 0 unspecified atom stereocenters. The smallest absolute Gasteiger partial charge is 0.407 e. The van der Waals surface area contributed by atoms with Crippen LogP contribution in [0, 0.1) is 5.82 Å². The second-order valence-electron chi connectivity index (χ2n) is 5.42. The van der Waals surface area contributed by atoms with E-state index in [-0.39, 0.29) is 24.3 Å². The van der Waals surface area contributed by atoms with Crippen LogP contribution in [0.4, 0.5) is 14.9 Å². The molecule has 0 aliphatic heterocycles. The molecule has 0 heterocycles. The van der Waals surface area contributed by atoms with Crippen molar-refractivity contribution in [2.45, 2.75) is 26.4 Å². The summed E-state index contributed by atoms with van der Waals surface area (Å²) < 4.78 is 18.2. The molecule has 0 saturated carbocycles. The van der Waals surface area contributed by atoms with Gasteiger partial charge in [-0.3, -0.25) is 4.79 Å². The highest BCUT2D eigenvalue weighted by atomic mass is 19.1. The number of hydrogen-bond acceptors (Lipinski definition) is 4. The molecular formula is C14H20FN3O3. The first kappa shape index (κ1) is 16.7. The quantitative estimate of drug-likeness (QED) is 0.582. The van der Waals surface area contributed by atoms with Crippen molar-refractivity contribution < 1.29 is 18.7 Å². The Hall–Kier alpha value is -2.31. The number of nitrogens with one attached hydrogen (secondary N) is 2. The van der Waals surface area contributed by atoms with E-state index < -0.39 is 23.4 Å². The Kier molecular flexibility index (Phi) is 5.52. The normalized spacial score (nSPS) is 10.9. The van der Waals surface area contributed by atoms with Crippen LogP contribution < -0.4 is 16.4 Å². The Bertz CT molecular complexity index is 527. The highest BCUT2D eigenvalue weighted by Crippen LogP contribution is 2.11. The van der Waals surface area contributed by atoms with Gasteiger partial charge in [0, 0.05) is 18.7 Å². The van der Waals surface area contributed by atoms with Crippen molar-refractivity contribution in [3.05, 3.63) is 29.6 Å². The Morgan fingerprint density at radius 2 is 1.86 bits per heavy atom. The maximum atomic E-state index is 13.2. The number of halogens is 1. The van der Waals surface area contributed by atoms with Gasteiger partial charge in [-0.15, -0.1) is 0 Å². The molecule has 0 spiro atoms. The van der Waals surface area contributed by atoms with Gasteiger partial charge < -0.3 is 21.1 Å². The number of nitrogens with two attached hydrogens (primary N) is 1. The Balaban J connectivity index is 2.34. The summed E-state index contributed by atoms with van der Waals surface area (Å²) in [7, 11) is 0. The fourth-order valence-electron chi connectivity index (χ4n) is 1.43. The second-order valence-corrected chi connectivity index (χ2v) is 5.42. The van der Waals surface area contributed by atoms with E-state index in [0.29, 0.717) is 0 Å². The van der Waals surface area contributed by atoms with Crippen LogP contribution in [0.25, 0.3) is 0 Å². The number of anilines is 1. The summed E-state index contributed by atoms with van der Waals surface area (Å²) in [5.41, 5.74) is 4.90. The van der Waals surface area contributed by atoms with Crippen LogP contribution in [0.5, 0.6) is 0 Å². The molecule has 0 radical (unpaired) electrons. The van der Waals surface area contributed by atoms with Crippen LogP contribution in [-0.4, -0.2) is 30.7 Å². The largest absolute Gasteiger partial charge is 0.444 e. The number of carbonyl (C=O) groups excluding carboxylic acids is 2. The SMILES string of the molecule is CC(C)(C)OC(=O)NCCNC(=O)c1ccc(N)c(F)c1. The topological polar surface area (TPSA) is 93.5 Å². The highest BCUT2D eigenvalue weighted by molar-refractivity contribution is 5.94. The molecule has 1 rings (SSSR count). The molecule has 0 bridgehead atoms.